The molecule has 37 heavy (non-hydrogen) atoms. The second-order valence-corrected chi connectivity index (χ2v) is 11.2. The smallest absolute Gasteiger partial charge is 0.137 e. The number of H-pyrrole nitrogens is 1. The minimum Gasteiger partial charge on any atom is -0.346 e. The molecule has 2 saturated heterocycles. The molecule has 4 heterocycles. The molecule has 3 aromatic rings. The molecule has 0 radical (unpaired) electrons. The molecule has 5 nitrogen and oxygen atoms in total. The Labute approximate surface area is 219 Å². The van der Waals surface area contributed by atoms with Crippen LogP contribution >= 0.6 is 0 Å². The summed E-state index contributed by atoms with van der Waals surface area (Å²) in [6, 6.07) is 11.4. The molecule has 1 aromatic carbocycles. The normalized spacial score (nSPS) is 22.8. The third kappa shape index (κ3) is 5.28. The van der Waals surface area contributed by atoms with E-state index in [1.54, 1.807) is 12.2 Å². The number of likely N-dealkylation sites (tertiary alicyclic amines) is 1. The first-order valence-electron chi connectivity index (χ1n) is 13.8. The highest BCUT2D eigenvalue weighted by atomic mass is 19.1. The highest BCUT2D eigenvalue weighted by Gasteiger charge is 2.27. The van der Waals surface area contributed by atoms with E-state index in [-0.39, 0.29) is 11.7 Å². The van der Waals surface area contributed by atoms with E-state index in [2.05, 4.69) is 64.0 Å². The van der Waals surface area contributed by atoms with Gasteiger partial charge in [-0.15, -0.1) is 0 Å². The van der Waals surface area contributed by atoms with Gasteiger partial charge in [0.1, 0.15) is 11.5 Å². The first-order chi connectivity index (χ1) is 18.0. The molecule has 2 aromatic heterocycles. The molecule has 0 bridgehead atoms. The molecule has 1 aliphatic carbocycles. The number of nitrogens with zero attached hydrogens (tertiary/aromatic N) is 4. The van der Waals surface area contributed by atoms with Crippen molar-refractivity contribution in [2.75, 3.05) is 52.9 Å². The molecule has 6 rings (SSSR count). The standard InChI is InChI=1S/C31H38FN5/c1-22-5-3-4-6-28(22)30-20-34-31-29(30)18-25(19-33-31)24-15-23(16-26(32)17-24)21-36-11-13-37(14-12-36)27-7-9-35(2)10-8-27/h3-6,16-20,24,27H,7-15,21H2,1-2H3,(H,33,34). The summed E-state index contributed by atoms with van der Waals surface area (Å²) < 4.78 is 14.8. The minimum absolute atomic E-state index is 0.0111. The van der Waals surface area contributed by atoms with Gasteiger partial charge in [-0.3, -0.25) is 9.80 Å². The van der Waals surface area contributed by atoms with Crippen molar-refractivity contribution < 1.29 is 4.39 Å². The van der Waals surface area contributed by atoms with Crippen molar-refractivity contribution in [2.45, 2.75) is 38.1 Å². The van der Waals surface area contributed by atoms with Gasteiger partial charge in [-0.2, -0.15) is 0 Å². The molecular weight excluding hydrogens is 461 g/mol. The van der Waals surface area contributed by atoms with E-state index in [1.165, 1.54) is 42.6 Å². The molecule has 2 aliphatic heterocycles. The van der Waals surface area contributed by atoms with Gasteiger partial charge in [-0.25, -0.2) is 9.37 Å². The number of fused-ring (bicyclic) bond motifs is 1. The Morgan fingerprint density at radius 3 is 2.59 bits per heavy atom. The molecule has 6 heteroatoms. The lowest BCUT2D eigenvalue weighted by Gasteiger charge is -2.42. The van der Waals surface area contributed by atoms with Gasteiger partial charge in [-0.1, -0.05) is 29.8 Å². The number of piperazine rings is 1. The van der Waals surface area contributed by atoms with Crippen LogP contribution in [-0.4, -0.2) is 83.6 Å². The van der Waals surface area contributed by atoms with Gasteiger partial charge in [0.2, 0.25) is 0 Å². The Morgan fingerprint density at radius 1 is 1.03 bits per heavy atom. The summed E-state index contributed by atoms with van der Waals surface area (Å²) in [5.74, 6) is -0.110. The highest BCUT2D eigenvalue weighted by molar-refractivity contribution is 5.94. The number of rotatable bonds is 5. The monoisotopic (exact) mass is 499 g/mol. The SMILES string of the molecule is Cc1ccccc1-c1c[nH]c2ncc(C3C=C(F)C=C(CN4CCN(C5CCN(C)CC5)CC4)C3)cc12. The number of aryl methyl sites for hydroxylation is 1. The Hall–Kier alpha value is -2.80. The molecular formula is C31H38FN5. The number of aromatic nitrogens is 2. The summed E-state index contributed by atoms with van der Waals surface area (Å²) in [4.78, 5) is 15.7. The maximum Gasteiger partial charge on any atom is 0.137 e. The number of hydrogen-bond donors (Lipinski definition) is 1. The average molecular weight is 500 g/mol. The number of nitrogens with one attached hydrogen (secondary N) is 1. The van der Waals surface area contributed by atoms with Crippen molar-refractivity contribution in [2.24, 2.45) is 0 Å². The van der Waals surface area contributed by atoms with Crippen molar-refractivity contribution in [1.29, 1.82) is 0 Å². The highest BCUT2D eigenvalue weighted by Crippen LogP contribution is 2.36. The van der Waals surface area contributed by atoms with Crippen molar-refractivity contribution in [3.8, 4) is 11.1 Å². The van der Waals surface area contributed by atoms with Crippen LogP contribution < -0.4 is 0 Å². The maximum atomic E-state index is 14.8. The molecule has 0 spiro atoms. The maximum absolute atomic E-state index is 14.8. The molecule has 194 valence electrons. The van der Waals surface area contributed by atoms with E-state index in [0.717, 1.165) is 67.3 Å². The summed E-state index contributed by atoms with van der Waals surface area (Å²) in [5.41, 5.74) is 6.74. The second kappa shape index (κ2) is 10.5. The quantitative estimate of drug-likeness (QED) is 0.502. The number of allylic oxidation sites excluding steroid dienone is 3. The van der Waals surface area contributed by atoms with Gasteiger partial charge in [0.05, 0.1) is 0 Å². The van der Waals surface area contributed by atoms with Crippen molar-refractivity contribution in [1.82, 2.24) is 24.7 Å². The van der Waals surface area contributed by atoms with Gasteiger partial charge < -0.3 is 9.88 Å². The van der Waals surface area contributed by atoms with Gasteiger partial charge >= 0.3 is 0 Å². The largest absolute Gasteiger partial charge is 0.346 e. The third-order valence-electron chi connectivity index (χ3n) is 8.64. The number of aromatic amines is 1. The number of benzene rings is 1. The lowest BCUT2D eigenvalue weighted by atomic mass is 9.87. The Morgan fingerprint density at radius 2 is 1.81 bits per heavy atom. The van der Waals surface area contributed by atoms with Crippen LogP contribution in [-0.2, 0) is 0 Å². The van der Waals surface area contributed by atoms with Crippen molar-refractivity contribution >= 4 is 11.0 Å². The Balaban J connectivity index is 1.13. The zero-order chi connectivity index (χ0) is 25.4. The topological polar surface area (TPSA) is 38.4 Å². The zero-order valence-electron chi connectivity index (χ0n) is 22.1. The van der Waals surface area contributed by atoms with E-state index in [0.29, 0.717) is 0 Å². The third-order valence-corrected chi connectivity index (χ3v) is 8.64. The molecule has 1 N–H and O–H groups in total. The van der Waals surface area contributed by atoms with Crippen LogP contribution in [0.3, 0.4) is 0 Å². The fourth-order valence-corrected chi connectivity index (χ4v) is 6.41. The predicted octanol–water partition coefficient (Wildman–Crippen LogP) is 5.52. The number of hydrogen-bond acceptors (Lipinski definition) is 4. The summed E-state index contributed by atoms with van der Waals surface area (Å²) in [6.07, 6.45) is 10.9. The van der Waals surface area contributed by atoms with Gasteiger partial charge in [0.25, 0.3) is 0 Å². The molecule has 3 aliphatic rings. The minimum atomic E-state index is -0.121. The summed E-state index contributed by atoms with van der Waals surface area (Å²) >= 11 is 0. The fourth-order valence-electron chi connectivity index (χ4n) is 6.41. The van der Waals surface area contributed by atoms with E-state index in [9.17, 15) is 4.39 Å². The van der Waals surface area contributed by atoms with Crippen LogP contribution in [0.4, 0.5) is 4.39 Å². The molecule has 0 amide bonds. The Bertz CT molecular complexity index is 1310. The first-order valence-corrected chi connectivity index (χ1v) is 13.8. The van der Waals surface area contributed by atoms with Crippen molar-refractivity contribution in [3.05, 3.63) is 77.4 Å². The van der Waals surface area contributed by atoms with Crippen LogP contribution in [0.1, 0.15) is 36.3 Å². The van der Waals surface area contributed by atoms with E-state index in [1.807, 2.05) is 12.4 Å². The zero-order valence-corrected chi connectivity index (χ0v) is 22.1. The van der Waals surface area contributed by atoms with Crippen LogP contribution in [0, 0.1) is 6.92 Å². The molecule has 2 fully saturated rings. The first kappa shape index (κ1) is 24.5. The van der Waals surface area contributed by atoms with Gasteiger partial charge in [-0.05, 0) is 81.2 Å². The van der Waals surface area contributed by atoms with Crippen LogP contribution in [0.5, 0.6) is 0 Å². The lowest BCUT2D eigenvalue weighted by molar-refractivity contribution is 0.0678. The fraction of sp³-hybridized carbons (Fsp3) is 0.452. The molecule has 1 atom stereocenters. The number of pyridine rings is 1. The molecule has 0 saturated carbocycles. The second-order valence-electron chi connectivity index (χ2n) is 11.2. The van der Waals surface area contributed by atoms with Gasteiger partial charge in [0.15, 0.2) is 0 Å². The summed E-state index contributed by atoms with van der Waals surface area (Å²) in [7, 11) is 2.22. The molecule has 1 unspecified atom stereocenters. The van der Waals surface area contributed by atoms with Crippen LogP contribution in [0.2, 0.25) is 0 Å². The Kier molecular flexibility index (Phi) is 6.98. The van der Waals surface area contributed by atoms with E-state index < -0.39 is 0 Å². The average Bonchev–Trinajstić information content (AvgIpc) is 3.33. The van der Waals surface area contributed by atoms with Gasteiger partial charge in [0, 0.05) is 68.0 Å². The summed E-state index contributed by atoms with van der Waals surface area (Å²) in [6.45, 7) is 9.79. The number of halogens is 1. The predicted molar refractivity (Wildman–Crippen MR) is 149 cm³/mol. The van der Waals surface area contributed by atoms with E-state index >= 15 is 0 Å². The van der Waals surface area contributed by atoms with E-state index in [4.69, 9.17) is 4.98 Å². The van der Waals surface area contributed by atoms with Crippen molar-refractivity contribution in [3.63, 3.8) is 0 Å². The summed E-state index contributed by atoms with van der Waals surface area (Å²) in [5, 5.41) is 1.10. The number of piperidine rings is 1. The van der Waals surface area contributed by atoms with Crippen LogP contribution in [0.25, 0.3) is 22.2 Å². The lowest BCUT2D eigenvalue weighted by Crippen LogP contribution is -2.53. The van der Waals surface area contributed by atoms with Crippen LogP contribution in [0.15, 0.2) is 66.3 Å².